The zero-order valence-electron chi connectivity index (χ0n) is 9.17. The van der Waals surface area contributed by atoms with Crippen LogP contribution in [0.25, 0.3) is 0 Å². The van der Waals surface area contributed by atoms with E-state index in [1.165, 1.54) is 0 Å². The molecule has 0 atom stereocenters. The Kier molecular flexibility index (Phi) is 9.49. The lowest BCUT2D eigenvalue weighted by Crippen LogP contribution is -2.29. The van der Waals surface area contributed by atoms with Crippen molar-refractivity contribution >= 4 is 21.6 Å². The van der Waals surface area contributed by atoms with E-state index in [1.54, 1.807) is 0 Å². The Bertz CT molecular complexity index is 232. The molecule has 0 bridgehead atoms. The lowest BCUT2D eigenvalue weighted by molar-refractivity contribution is 0.163. The van der Waals surface area contributed by atoms with Crippen molar-refractivity contribution in [2.75, 3.05) is 31.4 Å². The van der Waals surface area contributed by atoms with Gasteiger partial charge in [0.05, 0.1) is 12.4 Å². The van der Waals surface area contributed by atoms with Crippen LogP contribution in [0.2, 0.25) is 0 Å². The SMILES string of the molecule is CCOCCS(=O)(=O)NCCCCCCl. The predicted molar refractivity (Wildman–Crippen MR) is 62.9 cm³/mol. The summed E-state index contributed by atoms with van der Waals surface area (Å²) in [6.45, 7) is 3.14. The van der Waals surface area contributed by atoms with E-state index in [2.05, 4.69) is 4.72 Å². The second-order valence-corrected chi connectivity index (χ2v) is 5.46. The zero-order valence-corrected chi connectivity index (χ0v) is 10.7. The number of hydrogen-bond acceptors (Lipinski definition) is 3. The van der Waals surface area contributed by atoms with Gasteiger partial charge in [-0.2, -0.15) is 0 Å². The van der Waals surface area contributed by atoms with E-state index in [4.69, 9.17) is 16.3 Å². The largest absolute Gasteiger partial charge is 0.381 e. The second-order valence-electron chi connectivity index (χ2n) is 3.16. The summed E-state index contributed by atoms with van der Waals surface area (Å²) in [5, 5.41) is 0. The van der Waals surface area contributed by atoms with Crippen LogP contribution in [-0.2, 0) is 14.8 Å². The molecule has 0 aliphatic carbocycles. The summed E-state index contributed by atoms with van der Waals surface area (Å²) in [4.78, 5) is 0. The summed E-state index contributed by atoms with van der Waals surface area (Å²) in [6.07, 6.45) is 2.72. The van der Waals surface area contributed by atoms with Gasteiger partial charge in [0.15, 0.2) is 0 Å². The van der Waals surface area contributed by atoms with Gasteiger partial charge in [0.2, 0.25) is 10.0 Å². The van der Waals surface area contributed by atoms with Crippen molar-refractivity contribution in [1.29, 1.82) is 0 Å². The van der Waals surface area contributed by atoms with Gasteiger partial charge < -0.3 is 4.74 Å². The summed E-state index contributed by atoms with van der Waals surface area (Å²) in [6, 6.07) is 0. The minimum absolute atomic E-state index is 0.0380. The van der Waals surface area contributed by atoms with Crippen LogP contribution < -0.4 is 4.72 Å². The number of ether oxygens (including phenoxy) is 1. The second kappa shape index (κ2) is 9.39. The molecule has 0 amide bonds. The maximum Gasteiger partial charge on any atom is 0.213 e. The Labute approximate surface area is 97.4 Å². The summed E-state index contributed by atoms with van der Waals surface area (Å²) in [5.41, 5.74) is 0. The third kappa shape index (κ3) is 10.4. The Hall–Kier alpha value is 0.160. The fraction of sp³-hybridized carbons (Fsp3) is 1.00. The van der Waals surface area contributed by atoms with Gasteiger partial charge in [0.25, 0.3) is 0 Å². The van der Waals surface area contributed by atoms with Gasteiger partial charge in [0, 0.05) is 19.0 Å². The van der Waals surface area contributed by atoms with E-state index >= 15 is 0 Å². The topological polar surface area (TPSA) is 55.4 Å². The lowest BCUT2D eigenvalue weighted by Gasteiger charge is -2.06. The number of rotatable bonds is 10. The molecule has 0 saturated carbocycles. The maximum atomic E-state index is 11.3. The van der Waals surface area contributed by atoms with Gasteiger partial charge in [-0.15, -0.1) is 11.6 Å². The Morgan fingerprint density at radius 1 is 1.27 bits per heavy atom. The molecule has 4 nitrogen and oxygen atoms in total. The molecule has 0 aliphatic heterocycles. The molecule has 1 N–H and O–H groups in total. The molecule has 0 fully saturated rings. The van der Waals surface area contributed by atoms with E-state index in [0.29, 0.717) is 19.0 Å². The Balaban J connectivity index is 3.47. The van der Waals surface area contributed by atoms with Crippen molar-refractivity contribution in [3.05, 3.63) is 0 Å². The summed E-state index contributed by atoms with van der Waals surface area (Å²) >= 11 is 5.50. The van der Waals surface area contributed by atoms with Crippen LogP contribution >= 0.6 is 11.6 Å². The first kappa shape index (κ1) is 15.2. The highest BCUT2D eigenvalue weighted by molar-refractivity contribution is 7.89. The molecule has 6 heteroatoms. The molecule has 92 valence electrons. The molecular formula is C9H20ClNO3S. The van der Waals surface area contributed by atoms with Crippen molar-refractivity contribution in [3.63, 3.8) is 0 Å². The standard InChI is InChI=1S/C9H20ClNO3S/c1-2-14-8-9-15(12,13)11-7-5-3-4-6-10/h11H,2-9H2,1H3. The van der Waals surface area contributed by atoms with Crippen molar-refractivity contribution in [2.45, 2.75) is 26.2 Å². The third-order valence-corrected chi connectivity index (χ3v) is 3.45. The summed E-state index contributed by atoms with van der Waals surface area (Å²) in [5.74, 6) is 0.674. The predicted octanol–water partition coefficient (Wildman–Crippen LogP) is 1.35. The van der Waals surface area contributed by atoms with Gasteiger partial charge in [-0.05, 0) is 19.8 Å². The average molecular weight is 258 g/mol. The van der Waals surface area contributed by atoms with Gasteiger partial charge in [-0.1, -0.05) is 6.42 Å². The molecule has 0 spiro atoms. The van der Waals surface area contributed by atoms with Gasteiger partial charge >= 0.3 is 0 Å². The maximum absolute atomic E-state index is 11.3. The minimum Gasteiger partial charge on any atom is -0.381 e. The molecule has 0 aromatic heterocycles. The fourth-order valence-corrected chi connectivity index (χ4v) is 2.14. The quantitative estimate of drug-likeness (QED) is 0.475. The molecule has 0 saturated heterocycles. The van der Waals surface area contributed by atoms with E-state index in [-0.39, 0.29) is 12.4 Å². The van der Waals surface area contributed by atoms with Crippen LogP contribution in [-0.4, -0.2) is 39.8 Å². The van der Waals surface area contributed by atoms with Crippen LogP contribution in [0.4, 0.5) is 0 Å². The van der Waals surface area contributed by atoms with Crippen LogP contribution in [0.1, 0.15) is 26.2 Å². The van der Waals surface area contributed by atoms with Gasteiger partial charge in [0.1, 0.15) is 0 Å². The zero-order chi connectivity index (χ0) is 11.6. The summed E-state index contributed by atoms with van der Waals surface area (Å²) < 4.78 is 30.1. The average Bonchev–Trinajstić information content (AvgIpc) is 2.17. The number of hydrogen-bond donors (Lipinski definition) is 1. The van der Waals surface area contributed by atoms with Crippen molar-refractivity contribution in [2.24, 2.45) is 0 Å². The minimum atomic E-state index is -3.15. The van der Waals surface area contributed by atoms with Crippen LogP contribution in [0.5, 0.6) is 0 Å². The normalized spacial score (nSPS) is 11.9. The van der Waals surface area contributed by atoms with Crippen molar-refractivity contribution in [3.8, 4) is 0 Å². The number of nitrogens with one attached hydrogen (secondary N) is 1. The number of halogens is 1. The van der Waals surface area contributed by atoms with E-state index in [9.17, 15) is 8.42 Å². The molecule has 0 aromatic carbocycles. The molecule has 15 heavy (non-hydrogen) atoms. The van der Waals surface area contributed by atoms with Crippen LogP contribution in [0, 0.1) is 0 Å². The van der Waals surface area contributed by atoms with Gasteiger partial charge in [-0.3, -0.25) is 0 Å². The Morgan fingerprint density at radius 3 is 2.60 bits per heavy atom. The molecule has 0 unspecified atom stereocenters. The molecule has 0 heterocycles. The third-order valence-electron chi connectivity index (χ3n) is 1.83. The highest BCUT2D eigenvalue weighted by Gasteiger charge is 2.08. The fourth-order valence-electron chi connectivity index (χ4n) is 1.01. The molecule has 0 rings (SSSR count). The van der Waals surface area contributed by atoms with Crippen LogP contribution in [0.3, 0.4) is 0 Å². The smallest absolute Gasteiger partial charge is 0.213 e. The monoisotopic (exact) mass is 257 g/mol. The van der Waals surface area contributed by atoms with E-state index in [0.717, 1.165) is 19.3 Å². The van der Waals surface area contributed by atoms with Crippen molar-refractivity contribution in [1.82, 2.24) is 4.72 Å². The first-order chi connectivity index (χ1) is 7.12. The van der Waals surface area contributed by atoms with E-state index < -0.39 is 10.0 Å². The first-order valence-electron chi connectivity index (χ1n) is 5.23. The Morgan fingerprint density at radius 2 is 2.00 bits per heavy atom. The first-order valence-corrected chi connectivity index (χ1v) is 7.42. The van der Waals surface area contributed by atoms with Gasteiger partial charge in [-0.25, -0.2) is 13.1 Å². The molecule has 0 aliphatic rings. The lowest BCUT2D eigenvalue weighted by atomic mass is 10.2. The molecule has 0 radical (unpaired) electrons. The molecular weight excluding hydrogens is 238 g/mol. The number of sulfonamides is 1. The van der Waals surface area contributed by atoms with Crippen molar-refractivity contribution < 1.29 is 13.2 Å². The number of unbranched alkanes of at least 4 members (excludes halogenated alkanes) is 2. The molecule has 0 aromatic rings. The van der Waals surface area contributed by atoms with E-state index in [1.807, 2.05) is 6.92 Å². The van der Waals surface area contributed by atoms with Crippen LogP contribution in [0.15, 0.2) is 0 Å². The highest BCUT2D eigenvalue weighted by Crippen LogP contribution is 1.96. The number of alkyl halides is 1. The summed E-state index contributed by atoms with van der Waals surface area (Å²) in [7, 11) is -3.15. The highest BCUT2D eigenvalue weighted by atomic mass is 35.5.